The number of carbonyl (C=O) groups is 8. The lowest BCUT2D eigenvalue weighted by Crippen LogP contribution is -2.61. The molecular formula is C55H76N16O10. The minimum atomic E-state index is -1.66. The molecule has 0 aliphatic rings. The van der Waals surface area contributed by atoms with Gasteiger partial charge in [-0.3, -0.25) is 33.6 Å². The molecule has 6 aromatic rings. The van der Waals surface area contributed by atoms with Gasteiger partial charge >= 0.3 is 5.97 Å². The van der Waals surface area contributed by atoms with Crippen LogP contribution in [0.3, 0.4) is 0 Å². The maximum absolute atomic E-state index is 14.7. The summed E-state index contributed by atoms with van der Waals surface area (Å²) in [5, 5.41) is 41.0. The summed E-state index contributed by atoms with van der Waals surface area (Å²) in [5.74, 6) is -7.14. The van der Waals surface area contributed by atoms with Crippen LogP contribution in [0, 0.1) is 5.92 Å². The standard InChI is InChI=1S/C55H76N16O10/c1-31(2)19-42(50(75)70-46(55(80)81)21-33-25-62-40-15-6-4-12-37(33)40)67-51(76)43(20-32-24-61-39-14-5-3-11-36(32)39)68-49(74)41(16-8-10-18-57)65-52(77)45(23-35-27-60-30-64-35)69-54(79)47(28-72)71-53(78)44(22-34-26-59-29-63-34)66-48(73)38(58)13-7-9-17-56/h3-6,11-12,14-15,24-27,29-31,38,41-47,61-62,72H,7-10,13,16-23,28,56-58H2,1-2H3,(H,59,63)(H,60,64)(H,65,77)(H,66,73)(H,67,76)(H,68,74)(H,69,79)(H,70,75)(H,71,78)(H,80,81)/t38-,41-,42-,43+,44+,45+,46+,47-/m0/s1. The molecule has 0 unspecified atom stereocenters. The number of nitrogens with one attached hydrogen (secondary N) is 11. The Morgan fingerprint density at radius 3 is 1.40 bits per heavy atom. The molecule has 7 amide bonds. The Balaban J connectivity index is 1.22. The zero-order valence-corrected chi connectivity index (χ0v) is 45.5. The number of hydrogen-bond donors (Lipinski definition) is 16. The van der Waals surface area contributed by atoms with Gasteiger partial charge in [0.15, 0.2) is 0 Å². The predicted octanol–water partition coefficient (Wildman–Crippen LogP) is -0.532. The Kier molecular flexibility index (Phi) is 23.5. The van der Waals surface area contributed by atoms with E-state index in [0.717, 1.165) is 21.8 Å². The number of imidazole rings is 2. The first-order valence-corrected chi connectivity index (χ1v) is 27.1. The van der Waals surface area contributed by atoms with Crippen molar-refractivity contribution in [1.82, 2.24) is 67.1 Å². The number of nitrogens with zero attached hydrogens (tertiary/aromatic N) is 2. The summed E-state index contributed by atoms with van der Waals surface area (Å²) in [6.07, 6.45) is 10.9. The lowest BCUT2D eigenvalue weighted by Gasteiger charge is -2.28. The van der Waals surface area contributed by atoms with E-state index in [4.69, 9.17) is 17.2 Å². The van der Waals surface area contributed by atoms with Crippen molar-refractivity contribution < 1.29 is 48.6 Å². The molecule has 0 radical (unpaired) electrons. The first kappa shape index (κ1) is 61.7. The van der Waals surface area contributed by atoms with Crippen LogP contribution in [-0.2, 0) is 64.0 Å². The molecule has 0 fully saturated rings. The molecule has 4 aromatic heterocycles. The van der Waals surface area contributed by atoms with Gasteiger partial charge in [0, 0.05) is 83.7 Å². The van der Waals surface area contributed by atoms with Gasteiger partial charge in [-0.1, -0.05) is 56.7 Å². The highest BCUT2D eigenvalue weighted by molar-refractivity contribution is 5.98. The fourth-order valence-corrected chi connectivity index (χ4v) is 9.31. The van der Waals surface area contributed by atoms with Crippen molar-refractivity contribution >= 4 is 69.1 Å². The Morgan fingerprint density at radius 1 is 0.506 bits per heavy atom. The number of unbranched alkanes of at least 4 members (excludes halogenated alkanes) is 2. The number of hydrogen-bond acceptors (Lipinski definition) is 14. The van der Waals surface area contributed by atoms with Gasteiger partial charge in [-0.15, -0.1) is 0 Å². The normalized spacial score (nSPS) is 14.4. The van der Waals surface area contributed by atoms with Crippen molar-refractivity contribution in [3.63, 3.8) is 0 Å². The third kappa shape index (κ3) is 18.3. The molecule has 81 heavy (non-hydrogen) atoms. The molecule has 0 saturated heterocycles. The molecule has 19 N–H and O–H groups in total. The lowest BCUT2D eigenvalue weighted by molar-refractivity contribution is -0.142. The number of nitrogens with two attached hydrogens (primary N) is 3. The molecule has 0 saturated carbocycles. The van der Waals surface area contributed by atoms with E-state index in [1.54, 1.807) is 12.4 Å². The second-order valence-electron chi connectivity index (χ2n) is 20.4. The van der Waals surface area contributed by atoms with E-state index in [-0.39, 0.29) is 51.0 Å². The SMILES string of the molecule is CC(C)C[C@H](NC(=O)[C@@H](Cc1c[nH]c2ccccc12)NC(=O)[C@H](CCCCN)NC(=O)[C@@H](Cc1cnc[nH]1)NC(=O)[C@H](CO)NC(=O)[C@@H](Cc1cnc[nH]1)NC(=O)[C@@H](N)CCCCN)C(=O)N[C@H](Cc1c[nH]c2ccccc12)C(=O)O. The second-order valence-corrected chi connectivity index (χ2v) is 20.4. The van der Waals surface area contributed by atoms with E-state index in [1.165, 1.54) is 25.0 Å². The Morgan fingerprint density at radius 2 is 0.914 bits per heavy atom. The molecule has 436 valence electrons. The molecule has 0 spiro atoms. The summed E-state index contributed by atoms with van der Waals surface area (Å²) in [6, 6.07) is 3.94. The maximum Gasteiger partial charge on any atom is 0.326 e. The van der Waals surface area contributed by atoms with Gasteiger partial charge in [-0.2, -0.15) is 0 Å². The Hall–Kier alpha value is -8.46. The van der Waals surface area contributed by atoms with Gasteiger partial charge < -0.3 is 84.6 Å². The molecule has 4 heterocycles. The third-order valence-corrected chi connectivity index (χ3v) is 13.7. The fourth-order valence-electron chi connectivity index (χ4n) is 9.31. The zero-order valence-electron chi connectivity index (χ0n) is 45.5. The van der Waals surface area contributed by atoms with Crippen molar-refractivity contribution in [2.24, 2.45) is 23.1 Å². The number of amides is 7. The van der Waals surface area contributed by atoms with Crippen LogP contribution in [0.4, 0.5) is 0 Å². The smallest absolute Gasteiger partial charge is 0.326 e. The highest BCUT2D eigenvalue weighted by Crippen LogP contribution is 2.22. The summed E-state index contributed by atoms with van der Waals surface area (Å²) in [5.41, 5.74) is 21.3. The minimum Gasteiger partial charge on any atom is -0.480 e. The fraction of sp³-hybridized carbons (Fsp3) is 0.455. The number of aromatic amines is 4. The summed E-state index contributed by atoms with van der Waals surface area (Å²) in [6.45, 7) is 3.39. The molecule has 26 heteroatoms. The summed E-state index contributed by atoms with van der Waals surface area (Å²) in [4.78, 5) is 132. The Labute approximate surface area is 467 Å². The zero-order chi connectivity index (χ0) is 58.4. The molecule has 26 nitrogen and oxygen atoms in total. The lowest BCUT2D eigenvalue weighted by atomic mass is 9.99. The van der Waals surface area contributed by atoms with Crippen LogP contribution >= 0.6 is 0 Å². The quantitative estimate of drug-likeness (QED) is 0.0226. The van der Waals surface area contributed by atoms with Crippen molar-refractivity contribution in [2.75, 3.05) is 19.7 Å². The van der Waals surface area contributed by atoms with Crippen molar-refractivity contribution in [1.29, 1.82) is 0 Å². The number of para-hydroxylation sites is 2. The van der Waals surface area contributed by atoms with Crippen molar-refractivity contribution in [3.05, 3.63) is 108 Å². The predicted molar refractivity (Wildman–Crippen MR) is 300 cm³/mol. The van der Waals surface area contributed by atoms with Crippen molar-refractivity contribution in [2.45, 2.75) is 133 Å². The van der Waals surface area contributed by atoms with Crippen LogP contribution in [-0.4, -0.2) is 155 Å². The number of aliphatic carboxylic acids is 1. The Bertz CT molecular complexity index is 3010. The number of carboxylic acids is 1. The monoisotopic (exact) mass is 1120 g/mol. The topological polar surface area (TPSA) is 428 Å². The molecule has 0 aliphatic carbocycles. The van der Waals surface area contributed by atoms with Crippen LogP contribution in [0.5, 0.6) is 0 Å². The molecule has 6 rings (SSSR count). The van der Waals surface area contributed by atoms with Crippen molar-refractivity contribution in [3.8, 4) is 0 Å². The van der Waals surface area contributed by atoms with Crippen LogP contribution in [0.1, 0.15) is 81.3 Å². The van der Waals surface area contributed by atoms with E-state index in [0.29, 0.717) is 61.2 Å². The number of aromatic nitrogens is 6. The number of fused-ring (bicyclic) bond motifs is 2. The summed E-state index contributed by atoms with van der Waals surface area (Å²) in [7, 11) is 0. The first-order valence-electron chi connectivity index (χ1n) is 27.1. The van der Waals surface area contributed by atoms with E-state index in [1.807, 2.05) is 62.4 Å². The average molecular weight is 1120 g/mol. The van der Waals surface area contributed by atoms with E-state index >= 15 is 0 Å². The number of aliphatic hydroxyl groups is 1. The van der Waals surface area contributed by atoms with Crippen LogP contribution in [0.25, 0.3) is 21.8 Å². The van der Waals surface area contributed by atoms with Gasteiger partial charge in [-0.25, -0.2) is 14.8 Å². The molecule has 8 atom stereocenters. The second kappa shape index (κ2) is 30.8. The summed E-state index contributed by atoms with van der Waals surface area (Å²) >= 11 is 0. The van der Waals surface area contributed by atoms with E-state index in [2.05, 4.69) is 67.1 Å². The number of rotatable bonds is 34. The van der Waals surface area contributed by atoms with Gasteiger partial charge in [-0.05, 0) is 80.8 Å². The highest BCUT2D eigenvalue weighted by atomic mass is 16.4. The summed E-state index contributed by atoms with van der Waals surface area (Å²) < 4.78 is 0. The number of carboxylic acid groups (broad SMARTS) is 1. The largest absolute Gasteiger partial charge is 0.480 e. The maximum atomic E-state index is 14.7. The molecule has 0 aliphatic heterocycles. The van der Waals surface area contributed by atoms with Crippen LogP contribution in [0.15, 0.2) is 86.0 Å². The van der Waals surface area contributed by atoms with Gasteiger partial charge in [0.05, 0.1) is 25.3 Å². The van der Waals surface area contributed by atoms with E-state index in [9.17, 15) is 48.6 Å². The molecule has 2 aromatic carbocycles. The first-order chi connectivity index (χ1) is 39.0. The molecular weight excluding hydrogens is 1040 g/mol. The van der Waals surface area contributed by atoms with Gasteiger partial charge in [0.2, 0.25) is 41.4 Å². The highest BCUT2D eigenvalue weighted by Gasteiger charge is 2.35. The van der Waals surface area contributed by atoms with Gasteiger partial charge in [0.1, 0.15) is 42.3 Å². The van der Waals surface area contributed by atoms with E-state index < -0.39 is 102 Å². The average Bonchev–Trinajstić information content (AvgIpc) is 4.40. The minimum absolute atomic E-state index is 0.0156. The number of benzene rings is 2. The number of aliphatic hydroxyl groups excluding tert-OH is 1. The number of carbonyl (C=O) groups excluding carboxylic acids is 7. The third-order valence-electron chi connectivity index (χ3n) is 13.7. The molecule has 0 bridgehead atoms. The van der Waals surface area contributed by atoms with Crippen LogP contribution < -0.4 is 54.4 Å². The van der Waals surface area contributed by atoms with Crippen LogP contribution in [0.2, 0.25) is 0 Å². The van der Waals surface area contributed by atoms with Gasteiger partial charge in [0.25, 0.3) is 0 Å². The number of H-pyrrole nitrogens is 4.